The van der Waals surface area contributed by atoms with E-state index in [9.17, 15) is 14.4 Å². The fourth-order valence-corrected chi connectivity index (χ4v) is 2.71. The Bertz CT molecular complexity index is 409. The van der Waals surface area contributed by atoms with Crippen LogP contribution in [0.3, 0.4) is 0 Å². The summed E-state index contributed by atoms with van der Waals surface area (Å²) in [6, 6.07) is -1.39. The molecule has 134 valence electrons. The summed E-state index contributed by atoms with van der Waals surface area (Å²) in [5.41, 5.74) is 5.46. The summed E-state index contributed by atoms with van der Waals surface area (Å²) in [5, 5.41) is 2.70. The maximum absolute atomic E-state index is 12.0. The summed E-state index contributed by atoms with van der Waals surface area (Å²) in [6.45, 7) is 5.84. The van der Waals surface area contributed by atoms with E-state index in [-0.39, 0.29) is 11.3 Å². The summed E-state index contributed by atoms with van der Waals surface area (Å²) in [7, 11) is 2.57. The third-order valence-electron chi connectivity index (χ3n) is 2.86. The molecule has 0 aliphatic rings. The molecule has 3 N–H and O–H groups in total. The molecule has 2 unspecified atom stereocenters. The second-order valence-electron chi connectivity index (χ2n) is 6.37. The Balaban J connectivity index is 4.34. The van der Waals surface area contributed by atoms with Crippen molar-refractivity contribution in [3.8, 4) is 0 Å². The average Bonchev–Trinajstić information content (AvgIpc) is 2.46. The summed E-state index contributed by atoms with van der Waals surface area (Å²) < 4.78 is 9.25. The third kappa shape index (κ3) is 10.2. The van der Waals surface area contributed by atoms with Crippen LogP contribution in [0.5, 0.6) is 0 Å². The lowest BCUT2D eigenvalue weighted by molar-refractivity contribution is -0.145. The van der Waals surface area contributed by atoms with E-state index in [2.05, 4.69) is 10.1 Å². The number of carbonyl (C=O) groups is 3. The van der Waals surface area contributed by atoms with Crippen molar-refractivity contribution in [1.29, 1.82) is 0 Å². The van der Waals surface area contributed by atoms with Gasteiger partial charge < -0.3 is 20.5 Å². The Kier molecular flexibility index (Phi) is 9.90. The Morgan fingerprint density at radius 3 is 2.17 bits per heavy atom. The van der Waals surface area contributed by atoms with Gasteiger partial charge in [-0.1, -0.05) is 20.8 Å². The Morgan fingerprint density at radius 1 is 1.13 bits per heavy atom. The number of methoxy groups -OCH3 is 2. The van der Waals surface area contributed by atoms with Crippen LogP contribution in [0, 0.1) is 5.41 Å². The molecule has 0 spiro atoms. The molecule has 0 radical (unpaired) electrons. The SMILES string of the molecule is COC(=O)C(N)CSCCC(NC(=O)CC(C)(C)C)C(=O)OC. The zero-order valence-electron chi connectivity index (χ0n) is 14.5. The molecule has 8 heteroatoms. The number of amides is 1. The van der Waals surface area contributed by atoms with Gasteiger partial charge in [-0.05, 0) is 17.6 Å². The molecule has 0 aliphatic heterocycles. The van der Waals surface area contributed by atoms with Gasteiger partial charge in [0.05, 0.1) is 14.2 Å². The largest absolute Gasteiger partial charge is 0.468 e. The van der Waals surface area contributed by atoms with Gasteiger partial charge in [-0.15, -0.1) is 0 Å². The highest BCUT2D eigenvalue weighted by Crippen LogP contribution is 2.18. The predicted molar refractivity (Wildman–Crippen MR) is 90.0 cm³/mol. The second-order valence-corrected chi connectivity index (χ2v) is 7.52. The normalized spacial score (nSPS) is 13.8. The summed E-state index contributed by atoms with van der Waals surface area (Å²) >= 11 is 1.42. The van der Waals surface area contributed by atoms with Crippen molar-refractivity contribution in [3.63, 3.8) is 0 Å². The molecule has 2 atom stereocenters. The molecular formula is C15H28N2O5S. The number of esters is 2. The van der Waals surface area contributed by atoms with E-state index in [1.807, 2.05) is 20.8 Å². The molecule has 7 nitrogen and oxygen atoms in total. The molecule has 0 fully saturated rings. The highest BCUT2D eigenvalue weighted by atomic mass is 32.2. The minimum Gasteiger partial charge on any atom is -0.468 e. The van der Waals surface area contributed by atoms with Crippen LogP contribution in [0.1, 0.15) is 33.6 Å². The first-order valence-electron chi connectivity index (χ1n) is 7.39. The van der Waals surface area contributed by atoms with Crippen LogP contribution in [0.4, 0.5) is 0 Å². The van der Waals surface area contributed by atoms with E-state index in [1.165, 1.54) is 26.0 Å². The first-order chi connectivity index (χ1) is 10.6. The van der Waals surface area contributed by atoms with Gasteiger partial charge in [0.25, 0.3) is 0 Å². The number of thioether (sulfide) groups is 1. The monoisotopic (exact) mass is 348 g/mol. The molecule has 0 aromatic rings. The van der Waals surface area contributed by atoms with Crippen molar-refractivity contribution in [2.75, 3.05) is 25.7 Å². The zero-order chi connectivity index (χ0) is 18.0. The molecule has 0 heterocycles. The van der Waals surface area contributed by atoms with Crippen LogP contribution in [-0.2, 0) is 23.9 Å². The highest BCUT2D eigenvalue weighted by Gasteiger charge is 2.24. The number of hydrogen-bond acceptors (Lipinski definition) is 7. The summed E-state index contributed by atoms with van der Waals surface area (Å²) in [6.07, 6.45) is 0.724. The molecule has 1 amide bonds. The third-order valence-corrected chi connectivity index (χ3v) is 3.98. The maximum Gasteiger partial charge on any atom is 0.328 e. The molecule has 0 saturated heterocycles. The van der Waals surface area contributed by atoms with Crippen molar-refractivity contribution < 1.29 is 23.9 Å². The van der Waals surface area contributed by atoms with Gasteiger partial charge in [0, 0.05) is 12.2 Å². The number of ether oxygens (including phenoxy) is 2. The summed E-state index contributed by atoms with van der Waals surface area (Å²) in [4.78, 5) is 34.9. The number of rotatable bonds is 9. The van der Waals surface area contributed by atoms with Crippen molar-refractivity contribution >= 4 is 29.6 Å². The quantitative estimate of drug-likeness (QED) is 0.466. The Hall–Kier alpha value is -1.28. The fourth-order valence-electron chi connectivity index (χ4n) is 1.75. The fraction of sp³-hybridized carbons (Fsp3) is 0.800. The van der Waals surface area contributed by atoms with E-state index in [0.717, 1.165) is 0 Å². The minimum atomic E-state index is -0.697. The summed E-state index contributed by atoms with van der Waals surface area (Å²) in [5.74, 6) is -0.202. The van der Waals surface area contributed by atoms with Crippen LogP contribution < -0.4 is 11.1 Å². The van der Waals surface area contributed by atoms with E-state index in [1.54, 1.807) is 0 Å². The van der Waals surface area contributed by atoms with E-state index in [0.29, 0.717) is 24.3 Å². The highest BCUT2D eigenvalue weighted by molar-refractivity contribution is 7.99. The first kappa shape index (κ1) is 21.7. The number of nitrogens with two attached hydrogens (primary N) is 1. The number of carbonyl (C=O) groups excluding carboxylic acids is 3. The lowest BCUT2D eigenvalue weighted by atomic mass is 9.92. The van der Waals surface area contributed by atoms with Gasteiger partial charge in [0.15, 0.2) is 0 Å². The molecule has 0 aliphatic carbocycles. The van der Waals surface area contributed by atoms with Crippen molar-refractivity contribution in [1.82, 2.24) is 5.32 Å². The van der Waals surface area contributed by atoms with Gasteiger partial charge in [-0.3, -0.25) is 9.59 Å². The molecule has 0 rings (SSSR count). The van der Waals surface area contributed by atoms with E-state index < -0.39 is 24.0 Å². The molecule has 0 aromatic heterocycles. The molecule has 0 bridgehead atoms. The molecular weight excluding hydrogens is 320 g/mol. The second kappa shape index (κ2) is 10.5. The standard InChI is InChI=1S/C15H28N2O5S/c1-15(2,3)8-12(18)17-11(14(20)22-5)6-7-23-9-10(16)13(19)21-4/h10-11H,6-9,16H2,1-5H3,(H,17,18). The smallest absolute Gasteiger partial charge is 0.328 e. The van der Waals surface area contributed by atoms with Gasteiger partial charge >= 0.3 is 11.9 Å². The van der Waals surface area contributed by atoms with Crippen molar-refractivity contribution in [3.05, 3.63) is 0 Å². The average molecular weight is 348 g/mol. The van der Waals surface area contributed by atoms with Crippen molar-refractivity contribution in [2.45, 2.75) is 45.7 Å². The van der Waals surface area contributed by atoms with Gasteiger partial charge in [0.2, 0.25) is 5.91 Å². The molecule has 0 saturated carbocycles. The van der Waals surface area contributed by atoms with Crippen molar-refractivity contribution in [2.24, 2.45) is 11.1 Å². The van der Waals surface area contributed by atoms with Crippen LogP contribution >= 0.6 is 11.8 Å². The van der Waals surface area contributed by atoms with Gasteiger partial charge in [0.1, 0.15) is 12.1 Å². The zero-order valence-corrected chi connectivity index (χ0v) is 15.3. The number of hydrogen-bond donors (Lipinski definition) is 2. The Morgan fingerprint density at radius 2 is 1.70 bits per heavy atom. The van der Waals surface area contributed by atoms with Crippen LogP contribution in [0.25, 0.3) is 0 Å². The number of nitrogens with one attached hydrogen (secondary N) is 1. The lowest BCUT2D eigenvalue weighted by Gasteiger charge is -2.21. The molecule has 0 aromatic carbocycles. The van der Waals surface area contributed by atoms with Crippen LogP contribution in [0.15, 0.2) is 0 Å². The van der Waals surface area contributed by atoms with Crippen LogP contribution in [0.2, 0.25) is 0 Å². The predicted octanol–water partition coefficient (Wildman–Crippen LogP) is 0.704. The van der Waals surface area contributed by atoms with Crippen LogP contribution in [-0.4, -0.2) is 55.7 Å². The van der Waals surface area contributed by atoms with Gasteiger partial charge in [-0.2, -0.15) is 11.8 Å². The molecule has 23 heavy (non-hydrogen) atoms. The maximum atomic E-state index is 12.0. The van der Waals surface area contributed by atoms with E-state index >= 15 is 0 Å². The minimum absolute atomic E-state index is 0.160. The lowest BCUT2D eigenvalue weighted by Crippen LogP contribution is -2.43. The van der Waals surface area contributed by atoms with E-state index in [4.69, 9.17) is 10.5 Å². The first-order valence-corrected chi connectivity index (χ1v) is 8.54. The topological polar surface area (TPSA) is 108 Å². The van der Waals surface area contributed by atoms with Gasteiger partial charge in [-0.25, -0.2) is 4.79 Å². The Labute approximate surface area is 142 Å².